The molecule has 7 N–H and O–H groups in total. The van der Waals surface area contributed by atoms with Crippen molar-refractivity contribution in [2.24, 2.45) is 11.7 Å². The lowest BCUT2D eigenvalue weighted by Crippen LogP contribution is -2.58. The first-order chi connectivity index (χ1) is 29.9. The normalized spacial score (nSPS) is 18.7. The van der Waals surface area contributed by atoms with Gasteiger partial charge in [-0.15, -0.1) is 23.5 Å². The zero-order valence-corrected chi connectivity index (χ0v) is 36.4. The van der Waals surface area contributed by atoms with E-state index in [4.69, 9.17) is 10.5 Å². The molecule has 1 saturated carbocycles. The van der Waals surface area contributed by atoms with E-state index in [9.17, 15) is 33.6 Å². The average molecular weight is 886 g/mol. The molecule has 3 aliphatic rings. The van der Waals surface area contributed by atoms with Crippen LogP contribution in [0.2, 0.25) is 0 Å². The number of para-hydroxylation sites is 1. The molecular weight excluding hydrogens is 831 g/mol. The van der Waals surface area contributed by atoms with E-state index in [0.717, 1.165) is 50.0 Å². The third-order valence-corrected chi connectivity index (χ3v) is 14.6. The van der Waals surface area contributed by atoms with Crippen molar-refractivity contribution in [2.75, 3.05) is 29.9 Å². The fourth-order valence-corrected chi connectivity index (χ4v) is 11.5. The van der Waals surface area contributed by atoms with E-state index in [1.807, 2.05) is 30.3 Å². The topological polar surface area (TPSA) is 218 Å². The second kappa shape index (κ2) is 22.0. The van der Waals surface area contributed by atoms with Crippen LogP contribution in [-0.2, 0) is 28.8 Å². The van der Waals surface area contributed by atoms with Gasteiger partial charge in [-0.3, -0.25) is 28.8 Å². The van der Waals surface area contributed by atoms with Gasteiger partial charge in [-0.1, -0.05) is 81.1 Å². The number of benzene rings is 3. The number of thioether (sulfide) groups is 2. The van der Waals surface area contributed by atoms with Crippen LogP contribution in [-0.4, -0.2) is 93.0 Å². The molecule has 3 unspecified atom stereocenters. The monoisotopic (exact) mass is 885 g/mol. The molecule has 62 heavy (non-hydrogen) atoms. The number of nitrogens with zero attached hydrogens (tertiary/aromatic N) is 1. The van der Waals surface area contributed by atoms with Gasteiger partial charge in [-0.25, -0.2) is 4.79 Å². The van der Waals surface area contributed by atoms with E-state index < -0.39 is 70.2 Å². The Morgan fingerprint density at radius 3 is 2.10 bits per heavy atom. The van der Waals surface area contributed by atoms with Crippen molar-refractivity contribution < 1.29 is 38.3 Å². The minimum absolute atomic E-state index is 0.128. The Kier molecular flexibility index (Phi) is 16.3. The van der Waals surface area contributed by atoms with Crippen LogP contribution in [0.3, 0.4) is 0 Å². The highest BCUT2D eigenvalue weighted by molar-refractivity contribution is 8.18. The first kappa shape index (κ1) is 46.0. The predicted molar refractivity (Wildman–Crippen MR) is 239 cm³/mol. The summed E-state index contributed by atoms with van der Waals surface area (Å²) < 4.78 is 5.42. The van der Waals surface area contributed by atoms with Crippen molar-refractivity contribution >= 4 is 70.6 Å². The molecule has 3 aromatic carbocycles. The van der Waals surface area contributed by atoms with Crippen LogP contribution < -0.4 is 37.1 Å². The molecule has 2 saturated heterocycles. The fourth-order valence-electron chi connectivity index (χ4n) is 8.11. The van der Waals surface area contributed by atoms with Gasteiger partial charge < -0.3 is 42.0 Å². The Morgan fingerprint density at radius 1 is 0.806 bits per heavy atom. The van der Waals surface area contributed by atoms with Crippen LogP contribution >= 0.6 is 23.5 Å². The van der Waals surface area contributed by atoms with Crippen molar-refractivity contribution in [1.29, 1.82) is 0 Å². The van der Waals surface area contributed by atoms with Gasteiger partial charge in [-0.2, -0.15) is 0 Å². The van der Waals surface area contributed by atoms with Crippen molar-refractivity contribution in [3.05, 3.63) is 90.5 Å². The number of hydrogen-bond acceptors (Lipinski definition) is 10. The van der Waals surface area contributed by atoms with Gasteiger partial charge in [-0.05, 0) is 85.1 Å². The maximum atomic E-state index is 14.9. The number of amides is 7. The smallest absolute Gasteiger partial charge is 0.319 e. The molecule has 17 heteroatoms. The van der Waals surface area contributed by atoms with Gasteiger partial charge in [0, 0.05) is 18.7 Å². The van der Waals surface area contributed by atoms with E-state index in [-0.39, 0.29) is 24.8 Å². The molecule has 0 bridgehead atoms. The third-order valence-electron chi connectivity index (χ3n) is 11.2. The largest absolute Gasteiger partial charge is 0.457 e. The Hall–Kier alpha value is -5.55. The van der Waals surface area contributed by atoms with Crippen molar-refractivity contribution in [1.82, 2.24) is 26.2 Å². The number of urea groups is 1. The molecule has 1 spiro atoms. The summed E-state index contributed by atoms with van der Waals surface area (Å²) in [7, 11) is 0. The van der Waals surface area contributed by atoms with Gasteiger partial charge in [0.1, 0.15) is 29.6 Å². The van der Waals surface area contributed by atoms with Gasteiger partial charge in [0.15, 0.2) is 0 Å². The summed E-state index contributed by atoms with van der Waals surface area (Å²) in [5.74, 6) is -1.69. The highest BCUT2D eigenvalue weighted by atomic mass is 32.2. The molecule has 7 amide bonds. The number of carbonyl (C=O) groups is 7. The molecule has 15 nitrogen and oxygen atoms in total. The number of ketones is 1. The summed E-state index contributed by atoms with van der Waals surface area (Å²) in [6.45, 7) is 1.46. The number of nitrogens with one attached hydrogen (secondary N) is 5. The van der Waals surface area contributed by atoms with Crippen molar-refractivity contribution in [3.8, 4) is 11.5 Å². The maximum absolute atomic E-state index is 14.9. The molecule has 0 aromatic heterocycles. The van der Waals surface area contributed by atoms with E-state index in [2.05, 4.69) is 26.6 Å². The molecule has 2 heterocycles. The number of hydrogen-bond donors (Lipinski definition) is 6. The van der Waals surface area contributed by atoms with Crippen molar-refractivity contribution in [2.45, 2.75) is 93.0 Å². The molecule has 4 atom stereocenters. The molecule has 0 radical (unpaired) electrons. The number of ether oxygens (including phenoxy) is 1. The highest BCUT2D eigenvalue weighted by Gasteiger charge is 2.52. The Balaban J connectivity index is 1.13. The number of nitrogens with two attached hydrogens (primary N) is 1. The summed E-state index contributed by atoms with van der Waals surface area (Å²) >= 11 is 3.43. The maximum Gasteiger partial charge on any atom is 0.319 e. The van der Waals surface area contributed by atoms with Crippen LogP contribution in [0.15, 0.2) is 84.9 Å². The first-order valence-electron chi connectivity index (χ1n) is 21.2. The standard InChI is InChI=1S/C45H55N7O8S2/c1-2-13-34(39(54)42(57)47-27-36(53)50-37(40(46)55)29-14-6-3-7-15-29)49-41(56)35-26-45(61-24-12-25-62-45)28-52(35)43(58)38(30-16-8-4-9-17-30)51-44(59)48-31-20-22-33(23-21-31)60-32-18-10-5-11-19-32/h3,5-7,10-11,14-15,18-23,30,34-35,37-38H,2,4,8-9,12-13,16-17,24-28H2,1H3,(H2,46,55)(H,47,57)(H,49,56)(H,50,53)(H2,48,51,59)/t34?,35-,37?,38?/m0/s1. The van der Waals surface area contributed by atoms with E-state index in [0.29, 0.717) is 35.6 Å². The second-order valence-corrected chi connectivity index (χ2v) is 19.0. The lowest BCUT2D eigenvalue weighted by Gasteiger charge is -2.35. The van der Waals surface area contributed by atoms with Gasteiger partial charge in [0.05, 0.1) is 16.7 Å². The van der Waals surface area contributed by atoms with E-state index in [1.165, 1.54) is 0 Å². The minimum atomic E-state index is -1.24. The van der Waals surface area contributed by atoms with Gasteiger partial charge >= 0.3 is 6.03 Å². The third kappa shape index (κ3) is 12.3. The number of primary amides is 1. The Morgan fingerprint density at radius 2 is 1.45 bits per heavy atom. The molecule has 3 fully saturated rings. The molecule has 1 aliphatic carbocycles. The average Bonchev–Trinajstić information content (AvgIpc) is 3.66. The lowest BCUT2D eigenvalue weighted by molar-refractivity contribution is -0.143. The van der Waals surface area contributed by atoms with Gasteiger partial charge in [0.25, 0.3) is 5.91 Å². The lowest BCUT2D eigenvalue weighted by atomic mass is 9.83. The second-order valence-electron chi connectivity index (χ2n) is 15.8. The summed E-state index contributed by atoms with van der Waals surface area (Å²) in [6.07, 6.45) is 6.19. The number of anilines is 1. The zero-order valence-electron chi connectivity index (χ0n) is 34.8. The summed E-state index contributed by atoms with van der Waals surface area (Å²) in [5.41, 5.74) is 6.46. The highest BCUT2D eigenvalue weighted by Crippen LogP contribution is 2.50. The van der Waals surface area contributed by atoms with Crippen LogP contribution in [0.1, 0.15) is 76.3 Å². The zero-order chi connectivity index (χ0) is 44.1. The van der Waals surface area contributed by atoms with Crippen molar-refractivity contribution in [3.63, 3.8) is 0 Å². The Labute approximate surface area is 370 Å². The number of likely N-dealkylation sites (tertiary alicyclic amines) is 1. The SMILES string of the molecule is CCCC(NC(=O)[C@@H]1CC2(CN1C(=O)C(NC(=O)Nc1ccc(Oc3ccccc3)cc1)C1CCCCC1)SCCCS2)C(=O)C(=O)NCC(=O)NC(C(N)=O)c1ccccc1. The van der Waals surface area contributed by atoms with Crippen LogP contribution in [0.5, 0.6) is 11.5 Å². The summed E-state index contributed by atoms with van der Waals surface area (Å²) in [6, 6.07) is 19.8. The minimum Gasteiger partial charge on any atom is -0.457 e. The van der Waals surface area contributed by atoms with E-state index in [1.54, 1.807) is 89.9 Å². The molecule has 2 aliphatic heterocycles. The predicted octanol–water partition coefficient (Wildman–Crippen LogP) is 5.03. The number of carbonyl (C=O) groups excluding carboxylic acids is 7. The molecular formula is C45H55N7O8S2. The van der Waals surface area contributed by atoms with E-state index >= 15 is 0 Å². The van der Waals surface area contributed by atoms with Crippen LogP contribution in [0, 0.1) is 5.92 Å². The number of rotatable bonds is 17. The number of Topliss-reactive ketones (excluding diaryl/α,β-unsaturated/α-hetero) is 1. The first-order valence-corrected chi connectivity index (χ1v) is 23.2. The molecule has 6 rings (SSSR count). The summed E-state index contributed by atoms with van der Waals surface area (Å²) in [5, 5.41) is 13.4. The molecule has 3 aromatic rings. The summed E-state index contributed by atoms with van der Waals surface area (Å²) in [4.78, 5) is 96.0. The Bertz CT molecular complexity index is 2050. The quantitative estimate of drug-likeness (QED) is 0.0994. The van der Waals surface area contributed by atoms with Gasteiger partial charge in [0.2, 0.25) is 29.4 Å². The van der Waals surface area contributed by atoms with Crippen LogP contribution in [0.25, 0.3) is 0 Å². The molecule has 330 valence electrons. The van der Waals surface area contributed by atoms with Crippen LogP contribution in [0.4, 0.5) is 10.5 Å². The fraction of sp³-hybridized carbons (Fsp3) is 0.444.